The number of carbonyl (C=O) groups is 1. The summed E-state index contributed by atoms with van der Waals surface area (Å²) >= 11 is 0. The number of anilines is 1. The molecule has 0 saturated carbocycles. The van der Waals surface area contributed by atoms with E-state index in [2.05, 4.69) is 15.3 Å². The summed E-state index contributed by atoms with van der Waals surface area (Å²) in [5.41, 5.74) is -1.44. The topological polar surface area (TPSA) is 149 Å². The molecule has 3 aromatic rings. The third kappa shape index (κ3) is 4.18. The van der Waals surface area contributed by atoms with E-state index in [1.165, 1.54) is 25.4 Å². The summed E-state index contributed by atoms with van der Waals surface area (Å²) in [4.78, 5) is 54.0. The number of carbonyl (C=O) groups excluding carboxylic acids is 1. The first-order valence-corrected chi connectivity index (χ1v) is 8.27. The molecule has 0 radical (unpaired) electrons. The zero-order chi connectivity index (χ0) is 21.0. The maximum absolute atomic E-state index is 12.7. The van der Waals surface area contributed by atoms with E-state index in [1.54, 1.807) is 18.2 Å². The molecule has 0 unspecified atom stereocenters. The van der Waals surface area contributed by atoms with Gasteiger partial charge in [0, 0.05) is 18.5 Å². The van der Waals surface area contributed by atoms with Crippen LogP contribution >= 0.6 is 0 Å². The Morgan fingerprint density at radius 3 is 2.76 bits per heavy atom. The fourth-order valence-electron chi connectivity index (χ4n) is 2.56. The van der Waals surface area contributed by atoms with Gasteiger partial charge in [-0.2, -0.15) is 0 Å². The van der Waals surface area contributed by atoms with Crippen LogP contribution in [0.2, 0.25) is 0 Å². The number of amides is 1. The van der Waals surface area contributed by atoms with E-state index in [0.29, 0.717) is 5.69 Å². The number of aromatic nitrogens is 3. The van der Waals surface area contributed by atoms with Crippen molar-refractivity contribution in [2.75, 3.05) is 12.4 Å². The first kappa shape index (κ1) is 19.5. The van der Waals surface area contributed by atoms with Gasteiger partial charge in [0.25, 0.3) is 17.2 Å². The quantitative estimate of drug-likeness (QED) is 0.468. The molecule has 0 aliphatic heterocycles. The van der Waals surface area contributed by atoms with Gasteiger partial charge in [-0.05, 0) is 18.2 Å². The number of ether oxygens (including phenoxy) is 1. The fraction of sp³-hybridized carbons (Fsp3) is 0.111. The van der Waals surface area contributed by atoms with Crippen LogP contribution in [0.1, 0.15) is 16.1 Å². The average molecular weight is 397 g/mol. The van der Waals surface area contributed by atoms with Crippen LogP contribution in [0.3, 0.4) is 0 Å². The van der Waals surface area contributed by atoms with Gasteiger partial charge in [0.1, 0.15) is 11.3 Å². The molecule has 3 rings (SSSR count). The summed E-state index contributed by atoms with van der Waals surface area (Å²) in [6, 6.07) is 8.65. The van der Waals surface area contributed by atoms with E-state index in [4.69, 9.17) is 4.74 Å². The second-order valence-corrected chi connectivity index (χ2v) is 5.82. The molecule has 1 aromatic carbocycles. The molecule has 0 fully saturated rings. The number of hydrogen-bond donors (Lipinski definition) is 2. The molecule has 0 aliphatic rings. The molecule has 11 nitrogen and oxygen atoms in total. The zero-order valence-corrected chi connectivity index (χ0v) is 15.1. The van der Waals surface area contributed by atoms with Gasteiger partial charge in [-0.1, -0.05) is 6.07 Å². The van der Waals surface area contributed by atoms with Crippen LogP contribution < -0.4 is 21.3 Å². The van der Waals surface area contributed by atoms with Crippen molar-refractivity contribution in [1.82, 2.24) is 14.5 Å². The highest BCUT2D eigenvalue weighted by atomic mass is 16.6. The molecule has 1 amide bonds. The predicted octanol–water partition coefficient (Wildman–Crippen LogP) is 1.15. The van der Waals surface area contributed by atoms with Crippen LogP contribution in [0.25, 0.3) is 0 Å². The lowest BCUT2D eigenvalue weighted by atomic mass is 10.2. The molecule has 0 aliphatic carbocycles. The van der Waals surface area contributed by atoms with E-state index in [9.17, 15) is 24.5 Å². The van der Waals surface area contributed by atoms with E-state index in [0.717, 1.165) is 16.8 Å². The molecule has 0 spiro atoms. The number of nitrogens with zero attached hydrogens (tertiary/aromatic N) is 3. The predicted molar refractivity (Wildman–Crippen MR) is 102 cm³/mol. The van der Waals surface area contributed by atoms with Gasteiger partial charge in [0.05, 0.1) is 36.0 Å². The SMILES string of the molecule is COc1cc([N+](=O)[O-])ccc1NC(=O)c1c[nH]c(=O)n(Cc2ccccn2)c1=O. The van der Waals surface area contributed by atoms with Crippen molar-refractivity contribution in [3.05, 3.63) is 91.0 Å². The van der Waals surface area contributed by atoms with Crippen LogP contribution in [-0.4, -0.2) is 32.5 Å². The Labute approximate surface area is 162 Å². The van der Waals surface area contributed by atoms with Crippen LogP contribution in [0.4, 0.5) is 11.4 Å². The van der Waals surface area contributed by atoms with Crippen molar-refractivity contribution in [3.8, 4) is 5.75 Å². The van der Waals surface area contributed by atoms with Crippen LogP contribution in [-0.2, 0) is 6.54 Å². The minimum absolute atomic E-state index is 0.0470. The average Bonchev–Trinajstić information content (AvgIpc) is 2.72. The summed E-state index contributed by atoms with van der Waals surface area (Å²) < 4.78 is 5.91. The van der Waals surface area contributed by atoms with Crippen molar-refractivity contribution >= 4 is 17.3 Å². The summed E-state index contributed by atoms with van der Waals surface area (Å²) in [5.74, 6) is -0.765. The van der Waals surface area contributed by atoms with Crippen LogP contribution in [0.5, 0.6) is 5.75 Å². The van der Waals surface area contributed by atoms with Gasteiger partial charge >= 0.3 is 5.69 Å². The Morgan fingerprint density at radius 1 is 1.31 bits per heavy atom. The van der Waals surface area contributed by atoms with E-state index in [1.807, 2.05) is 0 Å². The summed E-state index contributed by atoms with van der Waals surface area (Å²) in [6.07, 6.45) is 2.53. The molecule has 2 aromatic heterocycles. The highest BCUT2D eigenvalue weighted by molar-refractivity contribution is 6.04. The van der Waals surface area contributed by atoms with Crippen LogP contribution in [0, 0.1) is 10.1 Å². The standard InChI is InChI=1S/C18H15N5O6/c1-29-15-8-12(23(27)28)5-6-14(15)21-16(24)13-9-20-18(26)22(17(13)25)10-11-4-2-3-7-19-11/h2-9H,10H2,1H3,(H,20,26)(H,21,24). The third-order valence-corrected chi connectivity index (χ3v) is 4.00. The molecule has 29 heavy (non-hydrogen) atoms. The van der Waals surface area contributed by atoms with Crippen molar-refractivity contribution in [3.63, 3.8) is 0 Å². The third-order valence-electron chi connectivity index (χ3n) is 4.00. The first-order chi connectivity index (χ1) is 13.9. The van der Waals surface area contributed by atoms with Gasteiger partial charge < -0.3 is 15.0 Å². The number of rotatable bonds is 6. The summed E-state index contributed by atoms with van der Waals surface area (Å²) in [7, 11) is 1.29. The molecular weight excluding hydrogens is 382 g/mol. The highest BCUT2D eigenvalue weighted by Crippen LogP contribution is 2.29. The number of methoxy groups -OCH3 is 1. The summed E-state index contributed by atoms with van der Waals surface area (Å²) in [6.45, 7) is -0.114. The molecule has 0 bridgehead atoms. The largest absolute Gasteiger partial charge is 0.494 e. The number of benzene rings is 1. The molecule has 148 valence electrons. The second kappa shape index (κ2) is 8.17. The molecular formula is C18H15N5O6. The Kier molecular flexibility index (Phi) is 5.49. The van der Waals surface area contributed by atoms with Gasteiger partial charge in [-0.3, -0.25) is 29.3 Å². The highest BCUT2D eigenvalue weighted by Gasteiger charge is 2.18. The first-order valence-electron chi connectivity index (χ1n) is 8.27. The Hall–Kier alpha value is -4.28. The maximum Gasteiger partial charge on any atom is 0.328 e. The number of pyridine rings is 1. The lowest BCUT2D eigenvalue weighted by Gasteiger charge is -2.10. The minimum Gasteiger partial charge on any atom is -0.494 e. The lowest BCUT2D eigenvalue weighted by molar-refractivity contribution is -0.384. The molecule has 11 heteroatoms. The van der Waals surface area contributed by atoms with Gasteiger partial charge in [-0.25, -0.2) is 4.79 Å². The Bertz CT molecular complexity index is 1190. The Morgan fingerprint density at radius 2 is 2.10 bits per heavy atom. The van der Waals surface area contributed by atoms with Crippen LogP contribution in [0.15, 0.2) is 58.4 Å². The van der Waals surface area contributed by atoms with Crippen molar-refractivity contribution in [1.29, 1.82) is 0 Å². The van der Waals surface area contributed by atoms with Crippen molar-refractivity contribution in [2.24, 2.45) is 0 Å². The Balaban J connectivity index is 1.92. The number of non-ortho nitro benzene ring substituents is 1. The number of H-pyrrole nitrogens is 1. The molecule has 0 saturated heterocycles. The number of nitro benzene ring substituents is 1. The monoisotopic (exact) mass is 397 g/mol. The van der Waals surface area contributed by atoms with Gasteiger partial charge in [0.2, 0.25) is 0 Å². The molecule has 2 N–H and O–H groups in total. The van der Waals surface area contributed by atoms with Gasteiger partial charge in [-0.15, -0.1) is 0 Å². The number of hydrogen-bond acceptors (Lipinski definition) is 7. The fourth-order valence-corrected chi connectivity index (χ4v) is 2.56. The van der Waals surface area contributed by atoms with E-state index < -0.39 is 22.1 Å². The molecule has 2 heterocycles. The smallest absolute Gasteiger partial charge is 0.328 e. The maximum atomic E-state index is 12.7. The normalized spacial score (nSPS) is 10.4. The van der Waals surface area contributed by atoms with E-state index in [-0.39, 0.29) is 29.2 Å². The second-order valence-electron chi connectivity index (χ2n) is 5.82. The van der Waals surface area contributed by atoms with Crippen molar-refractivity contribution < 1.29 is 14.5 Å². The van der Waals surface area contributed by atoms with E-state index >= 15 is 0 Å². The summed E-state index contributed by atoms with van der Waals surface area (Å²) in [5, 5.41) is 13.3. The molecule has 0 atom stereocenters. The number of nitrogens with one attached hydrogen (secondary N) is 2. The van der Waals surface area contributed by atoms with Crippen molar-refractivity contribution in [2.45, 2.75) is 6.54 Å². The van der Waals surface area contributed by atoms with Gasteiger partial charge in [0.15, 0.2) is 0 Å². The zero-order valence-electron chi connectivity index (χ0n) is 15.1. The number of aromatic amines is 1. The minimum atomic E-state index is -0.812. The lowest BCUT2D eigenvalue weighted by Crippen LogP contribution is -2.39. The number of nitro groups is 1.